The highest BCUT2D eigenvalue weighted by Gasteiger charge is 2.15. The van der Waals surface area contributed by atoms with E-state index in [0.29, 0.717) is 34.9 Å². The number of hydrogen-bond acceptors (Lipinski definition) is 6. The highest BCUT2D eigenvalue weighted by molar-refractivity contribution is 6.10. The number of amides is 1. The molecule has 0 aliphatic heterocycles. The van der Waals surface area contributed by atoms with Crippen molar-refractivity contribution in [1.82, 2.24) is 5.16 Å². The number of rotatable bonds is 6. The zero-order valence-corrected chi connectivity index (χ0v) is 18.5. The highest BCUT2D eigenvalue weighted by atomic mass is 16.5. The van der Waals surface area contributed by atoms with Crippen LogP contribution in [0.25, 0.3) is 21.9 Å². The Morgan fingerprint density at radius 3 is 2.52 bits per heavy atom. The van der Waals surface area contributed by atoms with Crippen molar-refractivity contribution in [3.05, 3.63) is 83.2 Å². The Bertz CT molecular complexity index is 1440. The summed E-state index contributed by atoms with van der Waals surface area (Å²) in [6.45, 7) is 4.07. The van der Waals surface area contributed by atoms with E-state index in [1.807, 2.05) is 44.2 Å². The van der Waals surface area contributed by atoms with Crippen LogP contribution in [0.3, 0.4) is 0 Å². The minimum absolute atomic E-state index is 0.263. The van der Waals surface area contributed by atoms with Crippen molar-refractivity contribution >= 4 is 33.5 Å². The molecule has 0 aliphatic rings. The van der Waals surface area contributed by atoms with E-state index in [0.717, 1.165) is 33.4 Å². The molecule has 0 saturated carbocycles. The summed E-state index contributed by atoms with van der Waals surface area (Å²) in [4.78, 5) is 12.9. The standard InChI is InChI=1S/C26H22N2O5/c1-15-21(16(2)33-28-15)14-31-18-10-8-17(9-11-18)26(29)27-22-13-24-20(12-25(22)30-3)19-6-4-5-7-23(19)32-24/h4-13H,14H2,1-3H3,(H,27,29). The number of ether oxygens (including phenoxy) is 2. The van der Waals surface area contributed by atoms with E-state index in [9.17, 15) is 4.79 Å². The van der Waals surface area contributed by atoms with E-state index in [4.69, 9.17) is 18.4 Å². The third-order valence-electron chi connectivity index (χ3n) is 5.63. The summed E-state index contributed by atoms with van der Waals surface area (Å²) >= 11 is 0. The molecule has 7 heteroatoms. The molecule has 166 valence electrons. The largest absolute Gasteiger partial charge is 0.495 e. The average molecular weight is 442 g/mol. The van der Waals surface area contributed by atoms with Crippen molar-refractivity contribution in [3.63, 3.8) is 0 Å². The number of carbonyl (C=O) groups excluding carboxylic acids is 1. The Balaban J connectivity index is 1.34. The van der Waals surface area contributed by atoms with Gasteiger partial charge in [-0.2, -0.15) is 0 Å². The first-order valence-corrected chi connectivity index (χ1v) is 10.5. The van der Waals surface area contributed by atoms with Crippen LogP contribution in [-0.4, -0.2) is 18.2 Å². The van der Waals surface area contributed by atoms with Crippen molar-refractivity contribution < 1.29 is 23.2 Å². The maximum absolute atomic E-state index is 12.9. The third kappa shape index (κ3) is 3.89. The number of methoxy groups -OCH3 is 1. The second kappa shape index (κ2) is 8.35. The van der Waals surface area contributed by atoms with Crippen LogP contribution in [0.2, 0.25) is 0 Å². The first-order valence-electron chi connectivity index (χ1n) is 10.5. The topological polar surface area (TPSA) is 86.7 Å². The fraction of sp³-hybridized carbons (Fsp3) is 0.154. The maximum atomic E-state index is 12.9. The lowest BCUT2D eigenvalue weighted by Crippen LogP contribution is -2.12. The molecule has 33 heavy (non-hydrogen) atoms. The van der Waals surface area contributed by atoms with Crippen LogP contribution in [0.5, 0.6) is 11.5 Å². The number of nitrogens with one attached hydrogen (secondary N) is 1. The van der Waals surface area contributed by atoms with Crippen molar-refractivity contribution in [3.8, 4) is 11.5 Å². The molecule has 2 heterocycles. The number of aryl methyl sites for hydroxylation is 2. The monoisotopic (exact) mass is 442 g/mol. The van der Waals surface area contributed by atoms with Gasteiger partial charge in [0.25, 0.3) is 5.91 Å². The lowest BCUT2D eigenvalue weighted by Gasteiger charge is -2.11. The van der Waals surface area contributed by atoms with Crippen LogP contribution in [-0.2, 0) is 6.61 Å². The van der Waals surface area contributed by atoms with Crippen molar-refractivity contribution in [2.75, 3.05) is 12.4 Å². The fourth-order valence-corrected chi connectivity index (χ4v) is 3.78. The molecule has 0 spiro atoms. The summed E-state index contributed by atoms with van der Waals surface area (Å²) in [6, 6.07) is 18.4. The van der Waals surface area contributed by atoms with Gasteiger partial charge < -0.3 is 23.7 Å². The summed E-state index contributed by atoms with van der Waals surface area (Å²) in [5.41, 5.74) is 4.21. The zero-order valence-electron chi connectivity index (χ0n) is 18.5. The third-order valence-corrected chi connectivity index (χ3v) is 5.63. The Morgan fingerprint density at radius 1 is 1.00 bits per heavy atom. The molecule has 0 bridgehead atoms. The van der Waals surface area contributed by atoms with Gasteiger partial charge in [0.1, 0.15) is 35.0 Å². The molecular weight excluding hydrogens is 420 g/mol. The van der Waals surface area contributed by atoms with Gasteiger partial charge in [0.15, 0.2) is 0 Å². The molecule has 0 fully saturated rings. The number of furan rings is 1. The van der Waals surface area contributed by atoms with E-state index in [2.05, 4.69) is 10.5 Å². The molecule has 1 N–H and O–H groups in total. The average Bonchev–Trinajstić information content (AvgIpc) is 3.35. The Labute approximate surface area is 189 Å². The van der Waals surface area contributed by atoms with Crippen LogP contribution < -0.4 is 14.8 Å². The fourth-order valence-electron chi connectivity index (χ4n) is 3.78. The van der Waals surface area contributed by atoms with Crippen molar-refractivity contribution in [2.24, 2.45) is 0 Å². The van der Waals surface area contributed by atoms with Gasteiger partial charge in [-0.1, -0.05) is 23.4 Å². The van der Waals surface area contributed by atoms with Gasteiger partial charge in [0, 0.05) is 22.4 Å². The summed E-state index contributed by atoms with van der Waals surface area (Å²) in [5.74, 6) is 1.68. The normalized spacial score (nSPS) is 11.1. The predicted molar refractivity (Wildman–Crippen MR) is 125 cm³/mol. The van der Waals surface area contributed by atoms with E-state index in [1.54, 1.807) is 37.4 Å². The van der Waals surface area contributed by atoms with Crippen molar-refractivity contribution in [1.29, 1.82) is 0 Å². The Kier molecular flexibility index (Phi) is 5.22. The van der Waals surface area contributed by atoms with E-state index in [1.165, 1.54) is 0 Å². The summed E-state index contributed by atoms with van der Waals surface area (Å²) < 4.78 is 22.4. The summed E-state index contributed by atoms with van der Waals surface area (Å²) in [7, 11) is 1.57. The number of carbonyl (C=O) groups is 1. The molecule has 0 unspecified atom stereocenters. The van der Waals surface area contributed by atoms with Gasteiger partial charge in [0.05, 0.1) is 24.1 Å². The molecule has 3 aromatic carbocycles. The van der Waals surface area contributed by atoms with Gasteiger partial charge in [-0.15, -0.1) is 0 Å². The first-order chi connectivity index (χ1) is 16.0. The molecule has 5 rings (SSSR count). The van der Waals surface area contributed by atoms with Crippen LogP contribution in [0.15, 0.2) is 69.6 Å². The minimum atomic E-state index is -0.263. The highest BCUT2D eigenvalue weighted by Crippen LogP contribution is 2.36. The molecule has 0 atom stereocenters. The number of para-hydroxylation sites is 1. The Morgan fingerprint density at radius 2 is 1.79 bits per heavy atom. The first kappa shape index (κ1) is 20.6. The molecule has 2 aromatic heterocycles. The van der Waals surface area contributed by atoms with Gasteiger partial charge in [-0.25, -0.2) is 0 Å². The van der Waals surface area contributed by atoms with Crippen LogP contribution in [0, 0.1) is 13.8 Å². The van der Waals surface area contributed by atoms with Crippen LogP contribution in [0.1, 0.15) is 27.4 Å². The maximum Gasteiger partial charge on any atom is 0.255 e. The number of benzene rings is 3. The number of hydrogen-bond donors (Lipinski definition) is 1. The predicted octanol–water partition coefficient (Wildman–Crippen LogP) is 6.03. The lowest BCUT2D eigenvalue weighted by atomic mass is 10.1. The molecule has 0 saturated heterocycles. The van der Waals surface area contributed by atoms with Gasteiger partial charge in [-0.3, -0.25) is 4.79 Å². The SMILES string of the molecule is COc1cc2c(cc1NC(=O)c1ccc(OCc3c(C)noc3C)cc1)oc1ccccc12. The molecule has 5 aromatic rings. The van der Waals surface area contributed by atoms with Crippen molar-refractivity contribution in [2.45, 2.75) is 20.5 Å². The summed E-state index contributed by atoms with van der Waals surface area (Å²) in [6.07, 6.45) is 0. The summed E-state index contributed by atoms with van der Waals surface area (Å²) in [5, 5.41) is 8.77. The van der Waals surface area contributed by atoms with Crippen LogP contribution in [0.4, 0.5) is 5.69 Å². The van der Waals surface area contributed by atoms with Gasteiger partial charge in [0.2, 0.25) is 0 Å². The second-order valence-electron chi connectivity index (χ2n) is 7.72. The molecule has 1 amide bonds. The number of anilines is 1. The number of aromatic nitrogens is 1. The van der Waals surface area contributed by atoms with Crippen LogP contribution >= 0.6 is 0 Å². The molecule has 0 aliphatic carbocycles. The van der Waals surface area contributed by atoms with E-state index in [-0.39, 0.29) is 5.91 Å². The molecular formula is C26H22N2O5. The van der Waals surface area contributed by atoms with E-state index < -0.39 is 0 Å². The van der Waals surface area contributed by atoms with E-state index >= 15 is 0 Å². The quantitative estimate of drug-likeness (QED) is 0.345. The smallest absolute Gasteiger partial charge is 0.255 e. The Hall–Kier alpha value is -4.26. The minimum Gasteiger partial charge on any atom is -0.495 e. The van der Waals surface area contributed by atoms with Gasteiger partial charge >= 0.3 is 0 Å². The molecule has 0 radical (unpaired) electrons. The lowest BCUT2D eigenvalue weighted by molar-refractivity contribution is 0.102. The second-order valence-corrected chi connectivity index (χ2v) is 7.72. The van der Waals surface area contributed by atoms with Gasteiger partial charge in [-0.05, 0) is 50.2 Å². The molecule has 7 nitrogen and oxygen atoms in total. The zero-order chi connectivity index (χ0) is 22.9. The number of fused-ring (bicyclic) bond motifs is 3. The number of nitrogens with zero attached hydrogens (tertiary/aromatic N) is 1.